The Labute approximate surface area is 126 Å². The minimum absolute atomic E-state index is 0.247. The van der Waals surface area contributed by atoms with Crippen LogP contribution in [0.2, 0.25) is 0 Å². The summed E-state index contributed by atoms with van der Waals surface area (Å²) in [5.41, 5.74) is 2.53. The van der Waals surface area contributed by atoms with Gasteiger partial charge in [-0.1, -0.05) is 29.8 Å². The second kappa shape index (κ2) is 7.04. The maximum absolute atomic E-state index is 5.21. The molecule has 0 spiro atoms. The van der Waals surface area contributed by atoms with Crippen LogP contribution in [0.15, 0.2) is 36.7 Å². The molecule has 0 aliphatic carbocycles. The SMILES string of the molecule is COc1nccnc1NC[C@H](c1cccc(C)c1)N(C)C. The van der Waals surface area contributed by atoms with Crippen molar-refractivity contribution in [3.63, 3.8) is 0 Å². The van der Waals surface area contributed by atoms with Crippen LogP contribution in [0.1, 0.15) is 17.2 Å². The average molecular weight is 286 g/mol. The Kier molecular flexibility index (Phi) is 5.11. The van der Waals surface area contributed by atoms with Crippen molar-refractivity contribution in [2.75, 3.05) is 33.1 Å². The Morgan fingerprint density at radius 2 is 2.00 bits per heavy atom. The highest BCUT2D eigenvalue weighted by atomic mass is 16.5. The number of hydrogen-bond donors (Lipinski definition) is 1. The number of benzene rings is 1. The van der Waals surface area contributed by atoms with Crippen molar-refractivity contribution in [1.29, 1.82) is 0 Å². The van der Waals surface area contributed by atoms with Gasteiger partial charge in [0, 0.05) is 18.9 Å². The van der Waals surface area contributed by atoms with E-state index in [1.54, 1.807) is 19.5 Å². The Bertz CT molecular complexity index is 586. The fourth-order valence-electron chi connectivity index (χ4n) is 2.27. The van der Waals surface area contributed by atoms with Crippen molar-refractivity contribution in [3.8, 4) is 5.88 Å². The van der Waals surface area contributed by atoms with Gasteiger partial charge in [0.2, 0.25) is 0 Å². The summed E-state index contributed by atoms with van der Waals surface area (Å²) in [6, 6.07) is 8.80. The van der Waals surface area contributed by atoms with Crippen LogP contribution in [-0.2, 0) is 0 Å². The molecule has 0 unspecified atom stereocenters. The molecule has 1 aromatic carbocycles. The van der Waals surface area contributed by atoms with Gasteiger partial charge in [-0.25, -0.2) is 9.97 Å². The van der Waals surface area contributed by atoms with Gasteiger partial charge in [0.05, 0.1) is 13.2 Å². The average Bonchev–Trinajstić information content (AvgIpc) is 2.47. The molecule has 0 saturated heterocycles. The van der Waals surface area contributed by atoms with E-state index in [0.717, 1.165) is 6.54 Å². The first-order valence-corrected chi connectivity index (χ1v) is 6.93. The largest absolute Gasteiger partial charge is 0.478 e. The second-order valence-electron chi connectivity index (χ2n) is 5.19. The molecule has 5 heteroatoms. The van der Waals surface area contributed by atoms with E-state index in [1.807, 2.05) is 0 Å². The third kappa shape index (κ3) is 3.92. The smallest absolute Gasteiger partial charge is 0.257 e. The van der Waals surface area contributed by atoms with Crippen LogP contribution in [0, 0.1) is 6.92 Å². The lowest BCUT2D eigenvalue weighted by atomic mass is 10.0. The lowest BCUT2D eigenvalue weighted by Gasteiger charge is -2.25. The number of aryl methyl sites for hydroxylation is 1. The van der Waals surface area contributed by atoms with E-state index in [2.05, 4.69) is 65.5 Å². The van der Waals surface area contributed by atoms with Crippen molar-refractivity contribution < 1.29 is 4.74 Å². The van der Waals surface area contributed by atoms with Gasteiger partial charge in [-0.2, -0.15) is 0 Å². The summed E-state index contributed by atoms with van der Waals surface area (Å²) in [6.07, 6.45) is 3.27. The first-order chi connectivity index (χ1) is 10.1. The molecule has 0 bridgehead atoms. The molecule has 5 nitrogen and oxygen atoms in total. The summed E-state index contributed by atoms with van der Waals surface area (Å²) >= 11 is 0. The Balaban J connectivity index is 2.14. The van der Waals surface area contributed by atoms with Crippen LogP contribution >= 0.6 is 0 Å². The fraction of sp³-hybridized carbons (Fsp3) is 0.375. The number of nitrogens with one attached hydrogen (secondary N) is 1. The monoisotopic (exact) mass is 286 g/mol. The maximum atomic E-state index is 5.21. The standard InChI is InChI=1S/C16H22N4O/c1-12-6-5-7-13(10-12)14(20(2)3)11-19-15-16(21-4)18-9-8-17-15/h5-10,14H,11H2,1-4H3,(H,17,19)/t14-/m1/s1. The van der Waals surface area contributed by atoms with Crippen molar-refractivity contribution >= 4 is 5.82 Å². The molecule has 2 rings (SSSR count). The molecule has 1 N–H and O–H groups in total. The molecular formula is C16H22N4O. The van der Waals surface area contributed by atoms with Crippen LogP contribution in [0.3, 0.4) is 0 Å². The van der Waals surface area contributed by atoms with Crippen LogP contribution < -0.4 is 10.1 Å². The van der Waals surface area contributed by atoms with E-state index in [1.165, 1.54) is 11.1 Å². The molecule has 0 aliphatic rings. The number of hydrogen-bond acceptors (Lipinski definition) is 5. The predicted molar refractivity (Wildman–Crippen MR) is 84.7 cm³/mol. The van der Waals surface area contributed by atoms with Gasteiger partial charge in [0.25, 0.3) is 5.88 Å². The van der Waals surface area contributed by atoms with Crippen LogP contribution in [0.4, 0.5) is 5.82 Å². The van der Waals surface area contributed by atoms with Gasteiger partial charge in [-0.05, 0) is 26.6 Å². The third-order valence-corrected chi connectivity index (χ3v) is 3.37. The highest BCUT2D eigenvalue weighted by Crippen LogP contribution is 2.22. The van der Waals surface area contributed by atoms with Crippen LogP contribution in [0.25, 0.3) is 0 Å². The number of rotatable bonds is 6. The zero-order valence-electron chi connectivity index (χ0n) is 13.0. The number of aromatic nitrogens is 2. The summed E-state index contributed by atoms with van der Waals surface area (Å²) in [4.78, 5) is 10.6. The number of ether oxygens (including phenoxy) is 1. The Hall–Kier alpha value is -2.14. The highest BCUT2D eigenvalue weighted by molar-refractivity contribution is 5.45. The van der Waals surface area contributed by atoms with Crippen molar-refractivity contribution in [1.82, 2.24) is 14.9 Å². The molecule has 2 aromatic rings. The number of likely N-dealkylation sites (N-methyl/N-ethyl adjacent to an activating group) is 1. The molecule has 21 heavy (non-hydrogen) atoms. The number of methoxy groups -OCH3 is 1. The van der Waals surface area contributed by atoms with E-state index in [9.17, 15) is 0 Å². The lowest BCUT2D eigenvalue weighted by Crippen LogP contribution is -2.27. The third-order valence-electron chi connectivity index (χ3n) is 3.37. The molecule has 1 heterocycles. The minimum atomic E-state index is 0.247. The molecule has 0 radical (unpaired) electrons. The Morgan fingerprint density at radius 3 is 2.67 bits per heavy atom. The molecule has 112 valence electrons. The zero-order chi connectivity index (χ0) is 15.2. The molecule has 0 amide bonds. The molecule has 1 aromatic heterocycles. The summed E-state index contributed by atoms with van der Waals surface area (Å²) in [7, 11) is 5.74. The summed E-state index contributed by atoms with van der Waals surface area (Å²) in [6.45, 7) is 2.83. The van der Waals surface area contributed by atoms with Crippen LogP contribution in [-0.4, -0.2) is 42.6 Å². The number of nitrogens with zero attached hydrogens (tertiary/aromatic N) is 3. The van der Waals surface area contributed by atoms with Gasteiger partial charge in [-0.15, -0.1) is 0 Å². The molecule has 0 fully saturated rings. The zero-order valence-corrected chi connectivity index (χ0v) is 13.0. The summed E-state index contributed by atoms with van der Waals surface area (Å²) < 4.78 is 5.21. The minimum Gasteiger partial charge on any atom is -0.478 e. The van der Waals surface area contributed by atoms with Gasteiger partial charge in [0.15, 0.2) is 5.82 Å². The van der Waals surface area contributed by atoms with Gasteiger partial charge < -0.3 is 15.0 Å². The van der Waals surface area contributed by atoms with Crippen molar-refractivity contribution in [2.24, 2.45) is 0 Å². The topological polar surface area (TPSA) is 50.3 Å². The van der Waals surface area contributed by atoms with E-state index >= 15 is 0 Å². The first kappa shape index (κ1) is 15.3. The normalized spacial score (nSPS) is 12.2. The summed E-state index contributed by atoms with van der Waals surface area (Å²) in [5.74, 6) is 1.18. The molecule has 1 atom stereocenters. The van der Waals surface area contributed by atoms with Gasteiger partial charge in [0.1, 0.15) is 0 Å². The fourth-order valence-corrected chi connectivity index (χ4v) is 2.27. The van der Waals surface area contributed by atoms with E-state index in [-0.39, 0.29) is 6.04 Å². The Morgan fingerprint density at radius 1 is 1.24 bits per heavy atom. The lowest BCUT2D eigenvalue weighted by molar-refractivity contribution is 0.311. The van der Waals surface area contributed by atoms with Crippen molar-refractivity contribution in [3.05, 3.63) is 47.8 Å². The van der Waals surface area contributed by atoms with Crippen LogP contribution in [0.5, 0.6) is 5.88 Å². The molecule has 0 aliphatic heterocycles. The molecular weight excluding hydrogens is 264 g/mol. The molecule has 0 saturated carbocycles. The predicted octanol–water partition coefficient (Wildman–Crippen LogP) is 2.51. The number of anilines is 1. The van der Waals surface area contributed by atoms with Gasteiger partial charge >= 0.3 is 0 Å². The second-order valence-corrected chi connectivity index (χ2v) is 5.19. The highest BCUT2D eigenvalue weighted by Gasteiger charge is 2.15. The van der Waals surface area contributed by atoms with E-state index in [4.69, 9.17) is 4.74 Å². The van der Waals surface area contributed by atoms with E-state index in [0.29, 0.717) is 11.7 Å². The maximum Gasteiger partial charge on any atom is 0.257 e. The van der Waals surface area contributed by atoms with Crippen molar-refractivity contribution in [2.45, 2.75) is 13.0 Å². The van der Waals surface area contributed by atoms with E-state index < -0.39 is 0 Å². The first-order valence-electron chi connectivity index (χ1n) is 6.93. The summed E-state index contributed by atoms with van der Waals surface area (Å²) in [5, 5.41) is 3.32. The quantitative estimate of drug-likeness (QED) is 0.884. The van der Waals surface area contributed by atoms with Gasteiger partial charge in [-0.3, -0.25) is 0 Å².